The van der Waals surface area contributed by atoms with Crippen LogP contribution in [0.4, 0.5) is 11.8 Å². The number of hydrazine groups is 1. The Bertz CT molecular complexity index is 1440. The van der Waals surface area contributed by atoms with Gasteiger partial charge in [0.2, 0.25) is 5.95 Å². The summed E-state index contributed by atoms with van der Waals surface area (Å²) in [5.74, 6) is -0.316. The van der Waals surface area contributed by atoms with Crippen molar-refractivity contribution in [2.45, 2.75) is 32.9 Å². The van der Waals surface area contributed by atoms with Gasteiger partial charge in [0, 0.05) is 41.2 Å². The highest BCUT2D eigenvalue weighted by atomic mass is 16.5. The number of rotatable bonds is 8. The van der Waals surface area contributed by atoms with E-state index >= 15 is 0 Å². The summed E-state index contributed by atoms with van der Waals surface area (Å²) >= 11 is 0. The van der Waals surface area contributed by atoms with Gasteiger partial charge in [-0.15, -0.1) is 0 Å². The summed E-state index contributed by atoms with van der Waals surface area (Å²) in [6, 6.07) is 10.4. The minimum absolute atomic E-state index is 0.0879. The molecule has 4 rings (SSSR count). The topological polar surface area (TPSA) is 169 Å². The van der Waals surface area contributed by atoms with Gasteiger partial charge in [0.05, 0.1) is 26.8 Å². The van der Waals surface area contributed by atoms with Crippen LogP contribution in [-0.2, 0) is 22.6 Å². The maximum Gasteiger partial charge on any atom is 0.261 e. The van der Waals surface area contributed by atoms with E-state index < -0.39 is 17.4 Å². The summed E-state index contributed by atoms with van der Waals surface area (Å²) in [6.45, 7) is 3.40. The maximum atomic E-state index is 13.3. The first-order valence-corrected chi connectivity index (χ1v) is 12.2. The van der Waals surface area contributed by atoms with Crippen LogP contribution in [0.2, 0.25) is 0 Å². The lowest BCUT2D eigenvalue weighted by atomic mass is 9.78. The summed E-state index contributed by atoms with van der Waals surface area (Å²) < 4.78 is 11.1. The number of nitrogen functional groups attached to an aromatic ring is 2. The number of hydrogen-bond acceptors (Lipinski definition) is 10. The van der Waals surface area contributed by atoms with E-state index in [0.717, 1.165) is 16.7 Å². The van der Waals surface area contributed by atoms with E-state index in [1.54, 1.807) is 26.1 Å². The number of carboxylic acids is 1. The lowest BCUT2D eigenvalue weighted by molar-refractivity contribution is -0.319. The zero-order valence-electron chi connectivity index (χ0n) is 22.2. The molecule has 1 atom stereocenters. The molecule has 0 spiro atoms. The Hall–Kier alpha value is -4.64. The molecule has 2 aromatic carbocycles. The molecule has 39 heavy (non-hydrogen) atoms. The van der Waals surface area contributed by atoms with Crippen molar-refractivity contribution in [3.05, 3.63) is 76.5 Å². The fraction of sp³-hybridized carbons (Fsp3) is 0.286. The third-order valence-electron chi connectivity index (χ3n) is 6.78. The summed E-state index contributed by atoms with van der Waals surface area (Å²) in [5, 5.41) is 13.3. The van der Waals surface area contributed by atoms with Gasteiger partial charge in [0.25, 0.3) is 5.91 Å². The van der Waals surface area contributed by atoms with Crippen molar-refractivity contribution in [1.82, 2.24) is 20.4 Å². The molecule has 0 fully saturated rings. The second-order valence-electron chi connectivity index (χ2n) is 9.76. The van der Waals surface area contributed by atoms with Crippen LogP contribution in [0.5, 0.6) is 11.5 Å². The number of nitrogens with two attached hydrogens (primary N) is 2. The molecular formula is C28H31N6O5-. The second kappa shape index (κ2) is 11.0. The van der Waals surface area contributed by atoms with Crippen molar-refractivity contribution < 1.29 is 24.2 Å². The number of carboxylic acid groups (broad SMARTS) is 1. The number of fused-ring (bicyclic) bond motifs is 1. The van der Waals surface area contributed by atoms with Gasteiger partial charge in [-0.2, -0.15) is 4.98 Å². The number of carbonyl (C=O) groups excluding carboxylic acids is 2. The Balaban J connectivity index is 1.64. The fourth-order valence-corrected chi connectivity index (χ4v) is 4.53. The summed E-state index contributed by atoms with van der Waals surface area (Å²) in [7, 11) is 3.04. The molecular weight excluding hydrogens is 500 g/mol. The molecule has 204 valence electrons. The van der Waals surface area contributed by atoms with Gasteiger partial charge >= 0.3 is 0 Å². The van der Waals surface area contributed by atoms with Crippen LogP contribution >= 0.6 is 0 Å². The number of carbonyl (C=O) groups is 2. The van der Waals surface area contributed by atoms with Crippen molar-refractivity contribution in [3.63, 3.8) is 0 Å². The molecule has 1 aliphatic heterocycles. The van der Waals surface area contributed by atoms with Crippen LogP contribution in [0.15, 0.2) is 48.7 Å². The Labute approximate surface area is 226 Å². The highest BCUT2D eigenvalue weighted by Crippen LogP contribution is 2.38. The lowest BCUT2D eigenvalue weighted by Crippen LogP contribution is -2.55. The molecule has 2 heterocycles. The molecule has 0 saturated heterocycles. The van der Waals surface area contributed by atoms with E-state index in [1.165, 1.54) is 25.3 Å². The van der Waals surface area contributed by atoms with Crippen molar-refractivity contribution in [1.29, 1.82) is 0 Å². The number of methoxy groups -OCH3 is 2. The molecule has 1 unspecified atom stereocenters. The third-order valence-corrected chi connectivity index (χ3v) is 6.78. The molecule has 11 nitrogen and oxygen atoms in total. The molecule has 11 heteroatoms. The van der Waals surface area contributed by atoms with Crippen LogP contribution in [0.3, 0.4) is 0 Å². The van der Waals surface area contributed by atoms with Gasteiger partial charge in [-0.3, -0.25) is 9.80 Å². The van der Waals surface area contributed by atoms with Gasteiger partial charge in [0.1, 0.15) is 5.82 Å². The molecule has 0 bridgehead atoms. The Morgan fingerprint density at radius 2 is 1.95 bits per heavy atom. The average Bonchev–Trinajstić information content (AvgIpc) is 2.92. The molecule has 0 radical (unpaired) electrons. The predicted molar refractivity (Wildman–Crippen MR) is 144 cm³/mol. The molecule has 1 amide bonds. The van der Waals surface area contributed by atoms with E-state index in [1.807, 2.05) is 36.4 Å². The highest BCUT2D eigenvalue weighted by molar-refractivity contribution is 5.92. The smallest absolute Gasteiger partial charge is 0.261 e. The number of amides is 1. The van der Waals surface area contributed by atoms with E-state index in [2.05, 4.69) is 15.4 Å². The Morgan fingerprint density at radius 1 is 1.21 bits per heavy atom. The van der Waals surface area contributed by atoms with Crippen molar-refractivity contribution in [2.24, 2.45) is 5.41 Å². The number of nitrogens with zero attached hydrogens (tertiary/aromatic N) is 3. The number of anilines is 2. The van der Waals surface area contributed by atoms with Gasteiger partial charge < -0.3 is 30.8 Å². The number of benzene rings is 2. The molecule has 3 aromatic rings. The van der Waals surface area contributed by atoms with E-state index in [0.29, 0.717) is 29.0 Å². The highest BCUT2D eigenvalue weighted by Gasteiger charge is 2.38. The molecule has 0 aliphatic carbocycles. The standard InChI is InChI=1S/C28H32N6O5/c1-28(2,26(36)37)24-20-8-6-5-7-18(20)15-34(33-24)22(35)10-9-17-11-16(13-21(38-3)23(17)39-4)12-19-14-31-27(30)32-25(19)29/h5-11,13-14,24,33H,12,15H2,1-4H3,(H,36,37)(H4,29,30,31,32)/p-1. The Kier molecular flexibility index (Phi) is 7.73. The predicted octanol–water partition coefficient (Wildman–Crippen LogP) is 1.63. The lowest BCUT2D eigenvalue weighted by Gasteiger charge is -2.43. The normalized spacial score (nSPS) is 15.2. The minimum Gasteiger partial charge on any atom is -0.550 e. The first kappa shape index (κ1) is 27.4. The first-order chi connectivity index (χ1) is 18.5. The summed E-state index contributed by atoms with van der Waals surface area (Å²) in [6.07, 6.45) is 4.98. The molecule has 1 aliphatic rings. The maximum absolute atomic E-state index is 13.3. The molecule has 5 N–H and O–H groups in total. The van der Waals surface area contributed by atoms with Gasteiger partial charge in [-0.05, 0) is 34.9 Å². The quantitative estimate of drug-likeness (QED) is 0.363. The van der Waals surface area contributed by atoms with Gasteiger partial charge in [0.15, 0.2) is 11.5 Å². The van der Waals surface area contributed by atoms with E-state index in [4.69, 9.17) is 20.9 Å². The van der Waals surface area contributed by atoms with Crippen LogP contribution in [0.1, 0.15) is 47.7 Å². The average molecular weight is 532 g/mol. The number of aliphatic carboxylic acids is 1. The van der Waals surface area contributed by atoms with Crippen molar-refractivity contribution >= 4 is 29.7 Å². The van der Waals surface area contributed by atoms with Crippen molar-refractivity contribution in [3.8, 4) is 11.5 Å². The molecule has 0 saturated carbocycles. The number of aromatic nitrogens is 2. The SMILES string of the molecule is COc1cc(Cc2cnc(N)nc2N)cc(C=CC(=O)N2Cc3ccccc3C(C(C)(C)C(=O)[O-])N2)c1OC. The Morgan fingerprint density at radius 3 is 2.62 bits per heavy atom. The number of hydrogen-bond donors (Lipinski definition) is 3. The van der Waals surface area contributed by atoms with Crippen molar-refractivity contribution in [2.75, 3.05) is 25.7 Å². The summed E-state index contributed by atoms with van der Waals surface area (Å²) in [5.41, 5.74) is 17.2. The summed E-state index contributed by atoms with van der Waals surface area (Å²) in [4.78, 5) is 33.3. The second-order valence-corrected chi connectivity index (χ2v) is 9.76. The van der Waals surface area contributed by atoms with Gasteiger partial charge in [-0.25, -0.2) is 10.4 Å². The fourth-order valence-electron chi connectivity index (χ4n) is 4.53. The largest absolute Gasteiger partial charge is 0.550 e. The van der Waals surface area contributed by atoms with E-state index in [9.17, 15) is 14.7 Å². The third kappa shape index (κ3) is 5.63. The van der Waals surface area contributed by atoms with Crippen LogP contribution in [0.25, 0.3) is 6.08 Å². The van der Waals surface area contributed by atoms with Gasteiger partial charge in [-0.1, -0.05) is 38.1 Å². The van der Waals surface area contributed by atoms with E-state index in [-0.39, 0.29) is 24.2 Å². The monoisotopic (exact) mass is 531 g/mol. The minimum atomic E-state index is -1.28. The first-order valence-electron chi connectivity index (χ1n) is 12.2. The zero-order valence-corrected chi connectivity index (χ0v) is 22.2. The number of nitrogens with one attached hydrogen (secondary N) is 1. The zero-order chi connectivity index (χ0) is 28.3. The van der Waals surface area contributed by atoms with Crippen LogP contribution in [0, 0.1) is 5.41 Å². The number of ether oxygens (including phenoxy) is 2. The van der Waals surface area contributed by atoms with Crippen LogP contribution < -0.4 is 31.5 Å². The molecule has 1 aromatic heterocycles. The van der Waals surface area contributed by atoms with Crippen LogP contribution in [-0.4, -0.2) is 41.1 Å².